The molecule has 7 heteroatoms. The Balaban J connectivity index is 1.93. The van der Waals surface area contributed by atoms with E-state index < -0.39 is 29.9 Å². The van der Waals surface area contributed by atoms with Gasteiger partial charge in [0.25, 0.3) is 0 Å². The minimum atomic E-state index is -0.916. The molecule has 5 atom stereocenters. The number of allylic oxidation sites excluding steroid dienone is 2. The van der Waals surface area contributed by atoms with Gasteiger partial charge in [0.1, 0.15) is 12.1 Å². The number of amides is 2. The number of benzene rings is 1. The zero-order valence-electron chi connectivity index (χ0n) is 20.6. The molecule has 1 saturated heterocycles. The molecule has 0 unspecified atom stereocenters. The molecule has 1 aromatic carbocycles. The van der Waals surface area contributed by atoms with Crippen LogP contribution in [0.15, 0.2) is 42.0 Å². The average molecular weight is 469 g/mol. The standard InChI is InChI=1S/C27H36N2O5/c1-17-12-13-19(3)34-27(33)23-11-8-14-29(23)26(32)22(16-21-9-6-5-7-10-21)28-25(31)20(4)24(30)18(2)15-17/h5-7,9-10,15,17,19-20,22-23H,8,11-14,16H2,1-4H3,(H,28,31)/b18-15+/t17-,19-,20+,22+,23+/m1/s1. The monoisotopic (exact) mass is 468 g/mol. The van der Waals surface area contributed by atoms with Gasteiger partial charge in [0.05, 0.1) is 12.0 Å². The van der Waals surface area contributed by atoms with Crippen molar-refractivity contribution in [2.45, 2.75) is 78.0 Å². The van der Waals surface area contributed by atoms with Crippen LogP contribution in [-0.2, 0) is 30.3 Å². The summed E-state index contributed by atoms with van der Waals surface area (Å²) in [7, 11) is 0. The summed E-state index contributed by atoms with van der Waals surface area (Å²) in [6.45, 7) is 7.59. The van der Waals surface area contributed by atoms with Crippen molar-refractivity contribution in [2.24, 2.45) is 11.8 Å². The number of ether oxygens (including phenoxy) is 1. The molecular formula is C27H36N2O5. The molecule has 1 aromatic rings. The van der Waals surface area contributed by atoms with Crippen molar-refractivity contribution >= 4 is 23.6 Å². The van der Waals surface area contributed by atoms with Gasteiger partial charge in [-0.3, -0.25) is 14.4 Å². The molecule has 7 nitrogen and oxygen atoms in total. The van der Waals surface area contributed by atoms with E-state index in [0.717, 1.165) is 12.0 Å². The molecule has 2 amide bonds. The van der Waals surface area contributed by atoms with Gasteiger partial charge in [0, 0.05) is 13.0 Å². The highest BCUT2D eigenvalue weighted by atomic mass is 16.5. The number of nitrogens with zero attached hydrogens (tertiary/aromatic N) is 1. The van der Waals surface area contributed by atoms with Gasteiger partial charge in [-0.25, -0.2) is 4.79 Å². The molecule has 2 heterocycles. The number of Topliss-reactive ketones (excluding diaryl/α,β-unsaturated/α-hetero) is 1. The molecular weight excluding hydrogens is 432 g/mol. The van der Waals surface area contributed by atoms with Crippen LogP contribution in [0.2, 0.25) is 0 Å². The van der Waals surface area contributed by atoms with Gasteiger partial charge in [0.15, 0.2) is 5.78 Å². The van der Waals surface area contributed by atoms with Crippen LogP contribution in [0.4, 0.5) is 0 Å². The Kier molecular flexibility index (Phi) is 8.64. The van der Waals surface area contributed by atoms with Crippen molar-refractivity contribution in [3.63, 3.8) is 0 Å². The molecule has 2 aliphatic rings. The summed E-state index contributed by atoms with van der Waals surface area (Å²) in [5.41, 5.74) is 1.41. The van der Waals surface area contributed by atoms with Crippen LogP contribution < -0.4 is 5.32 Å². The highest BCUT2D eigenvalue weighted by Gasteiger charge is 2.39. The van der Waals surface area contributed by atoms with Crippen LogP contribution in [0.1, 0.15) is 58.9 Å². The van der Waals surface area contributed by atoms with E-state index in [9.17, 15) is 19.2 Å². The first-order chi connectivity index (χ1) is 16.2. The lowest BCUT2D eigenvalue weighted by Gasteiger charge is -2.30. The van der Waals surface area contributed by atoms with E-state index in [-0.39, 0.29) is 30.1 Å². The summed E-state index contributed by atoms with van der Waals surface area (Å²) in [4.78, 5) is 54.1. The Bertz CT molecular complexity index is 942. The van der Waals surface area contributed by atoms with E-state index in [0.29, 0.717) is 31.4 Å². The number of ketones is 1. The third kappa shape index (κ3) is 6.33. The molecule has 1 N–H and O–H groups in total. The van der Waals surface area contributed by atoms with E-state index in [4.69, 9.17) is 4.74 Å². The second-order valence-corrected chi connectivity index (χ2v) is 9.68. The quantitative estimate of drug-likeness (QED) is 0.531. The number of carbonyl (C=O) groups is 4. The minimum Gasteiger partial charge on any atom is -0.461 e. The topological polar surface area (TPSA) is 92.8 Å². The van der Waals surface area contributed by atoms with Crippen molar-refractivity contribution < 1.29 is 23.9 Å². The summed E-state index contributed by atoms with van der Waals surface area (Å²) in [6.07, 6.45) is 4.48. The summed E-state index contributed by atoms with van der Waals surface area (Å²) < 4.78 is 5.69. The Labute approximate surface area is 201 Å². The molecule has 34 heavy (non-hydrogen) atoms. The molecule has 3 rings (SSSR count). The highest BCUT2D eigenvalue weighted by molar-refractivity contribution is 6.09. The average Bonchev–Trinajstić information content (AvgIpc) is 3.31. The van der Waals surface area contributed by atoms with Gasteiger partial charge in [0.2, 0.25) is 11.8 Å². The van der Waals surface area contributed by atoms with E-state index in [1.807, 2.05) is 50.3 Å². The van der Waals surface area contributed by atoms with E-state index in [2.05, 4.69) is 5.32 Å². The Morgan fingerprint density at radius 1 is 1.00 bits per heavy atom. The van der Waals surface area contributed by atoms with Gasteiger partial charge < -0.3 is 15.0 Å². The molecule has 0 bridgehead atoms. The molecule has 1 fully saturated rings. The molecule has 0 spiro atoms. The van der Waals surface area contributed by atoms with Gasteiger partial charge in [-0.1, -0.05) is 43.3 Å². The van der Waals surface area contributed by atoms with Crippen molar-refractivity contribution in [1.29, 1.82) is 0 Å². The van der Waals surface area contributed by atoms with Gasteiger partial charge >= 0.3 is 5.97 Å². The highest BCUT2D eigenvalue weighted by Crippen LogP contribution is 2.23. The first-order valence-corrected chi connectivity index (χ1v) is 12.2. The van der Waals surface area contributed by atoms with E-state index in [1.54, 1.807) is 13.8 Å². The summed E-state index contributed by atoms with van der Waals surface area (Å²) >= 11 is 0. The molecule has 0 aromatic heterocycles. The van der Waals surface area contributed by atoms with E-state index >= 15 is 0 Å². The van der Waals surface area contributed by atoms with Crippen molar-refractivity contribution in [2.75, 3.05) is 6.54 Å². The second-order valence-electron chi connectivity index (χ2n) is 9.68. The van der Waals surface area contributed by atoms with Crippen LogP contribution in [0.3, 0.4) is 0 Å². The smallest absolute Gasteiger partial charge is 0.329 e. The van der Waals surface area contributed by atoms with Crippen LogP contribution in [0.5, 0.6) is 0 Å². The summed E-state index contributed by atoms with van der Waals surface area (Å²) in [6, 6.07) is 7.86. The number of nitrogens with one attached hydrogen (secondary N) is 1. The Morgan fingerprint density at radius 3 is 2.41 bits per heavy atom. The van der Waals surface area contributed by atoms with Gasteiger partial charge in [-0.05, 0) is 63.5 Å². The fraction of sp³-hybridized carbons (Fsp3) is 0.556. The SMILES string of the molecule is C/C1=C\[C@H](C)CC[C@@H](C)OC(=O)[C@@H]2CCCN2C(=O)[C@H](Cc2ccccc2)NC(=O)[C@@H](C)C1=O. The van der Waals surface area contributed by atoms with Crippen LogP contribution in [0.25, 0.3) is 0 Å². The summed E-state index contributed by atoms with van der Waals surface area (Å²) in [5.74, 6) is -2.26. The lowest BCUT2D eigenvalue weighted by molar-refractivity contribution is -0.158. The maximum Gasteiger partial charge on any atom is 0.329 e. The third-order valence-corrected chi connectivity index (χ3v) is 6.76. The zero-order chi connectivity index (χ0) is 24.8. The second kappa shape index (κ2) is 11.4. The van der Waals surface area contributed by atoms with Crippen molar-refractivity contribution in [3.05, 3.63) is 47.5 Å². The minimum absolute atomic E-state index is 0.101. The number of hydrogen-bond donors (Lipinski definition) is 1. The van der Waals surface area contributed by atoms with Gasteiger partial charge in [-0.2, -0.15) is 0 Å². The predicted octanol–water partition coefficient (Wildman–Crippen LogP) is 3.22. The predicted molar refractivity (Wildman–Crippen MR) is 129 cm³/mol. The maximum absolute atomic E-state index is 13.6. The summed E-state index contributed by atoms with van der Waals surface area (Å²) in [5, 5.41) is 2.81. The number of esters is 1. The lowest BCUT2D eigenvalue weighted by Crippen LogP contribution is -2.54. The fourth-order valence-electron chi connectivity index (χ4n) is 4.71. The zero-order valence-corrected chi connectivity index (χ0v) is 20.6. The Morgan fingerprint density at radius 2 is 1.71 bits per heavy atom. The first kappa shape index (κ1) is 25.7. The molecule has 0 radical (unpaired) electrons. The number of fused-ring (bicyclic) bond motifs is 1. The number of rotatable bonds is 2. The molecule has 184 valence electrons. The number of hydrogen-bond acceptors (Lipinski definition) is 5. The van der Waals surface area contributed by atoms with Gasteiger partial charge in [-0.15, -0.1) is 0 Å². The molecule has 0 aliphatic carbocycles. The van der Waals surface area contributed by atoms with Crippen LogP contribution >= 0.6 is 0 Å². The van der Waals surface area contributed by atoms with Crippen LogP contribution in [0, 0.1) is 11.8 Å². The van der Waals surface area contributed by atoms with Crippen molar-refractivity contribution in [1.82, 2.24) is 10.2 Å². The Hall–Kier alpha value is -2.96. The third-order valence-electron chi connectivity index (χ3n) is 6.76. The number of cyclic esters (lactones) is 1. The maximum atomic E-state index is 13.6. The lowest BCUT2D eigenvalue weighted by atomic mass is 9.94. The normalized spacial score (nSPS) is 31.4. The van der Waals surface area contributed by atoms with Crippen LogP contribution in [-0.4, -0.2) is 53.2 Å². The molecule has 2 aliphatic heterocycles. The molecule has 0 saturated carbocycles. The first-order valence-electron chi connectivity index (χ1n) is 12.2. The van der Waals surface area contributed by atoms with Crippen molar-refractivity contribution in [3.8, 4) is 0 Å². The number of carbonyl (C=O) groups excluding carboxylic acids is 4. The largest absolute Gasteiger partial charge is 0.461 e. The van der Waals surface area contributed by atoms with E-state index in [1.165, 1.54) is 4.90 Å². The fourth-order valence-corrected chi connectivity index (χ4v) is 4.71.